The van der Waals surface area contributed by atoms with E-state index >= 15 is 0 Å². The van der Waals surface area contributed by atoms with E-state index in [0.29, 0.717) is 35.7 Å². The molecule has 2 N–H and O–H groups in total. The number of hydrogen-bond acceptors (Lipinski definition) is 6. The Kier molecular flexibility index (Phi) is 7.85. The topological polar surface area (TPSA) is 94.5 Å². The number of carbonyl (C=O) groups excluding carboxylic acids is 2. The van der Waals surface area contributed by atoms with Gasteiger partial charge in [0.25, 0.3) is 0 Å². The largest absolute Gasteiger partial charge is 0.464 e. The fraction of sp³-hybridized carbons (Fsp3) is 0.321. The summed E-state index contributed by atoms with van der Waals surface area (Å²) in [6.45, 7) is 5.26. The van der Waals surface area contributed by atoms with Crippen molar-refractivity contribution in [3.05, 3.63) is 66.0 Å². The van der Waals surface area contributed by atoms with Gasteiger partial charge in [-0.05, 0) is 34.7 Å². The van der Waals surface area contributed by atoms with Gasteiger partial charge < -0.3 is 24.7 Å². The zero-order chi connectivity index (χ0) is 25.7. The first-order valence-corrected chi connectivity index (χ1v) is 12.0. The lowest BCUT2D eigenvalue weighted by molar-refractivity contribution is -0.119. The van der Waals surface area contributed by atoms with E-state index in [1.54, 1.807) is 6.20 Å². The number of anilines is 2. The standard InChI is InChI=1S/C28H32N4O4/c1-18(2)12-13-32-26(28(34)36-4)25(31-24(33)17-35-3)23-14-21(16-30-27(23)32)29-15-20-10-7-9-19-8-5-6-11-22(19)20/h5-11,14,16,18,29H,12-13,15,17H2,1-4H3,(H,31,33). The van der Waals surface area contributed by atoms with Crippen LogP contribution < -0.4 is 10.6 Å². The number of ether oxygens (including phenoxy) is 2. The smallest absolute Gasteiger partial charge is 0.356 e. The van der Waals surface area contributed by atoms with Gasteiger partial charge in [-0.2, -0.15) is 0 Å². The van der Waals surface area contributed by atoms with Crippen molar-refractivity contribution in [1.29, 1.82) is 0 Å². The number of carbonyl (C=O) groups is 2. The lowest BCUT2D eigenvalue weighted by Gasteiger charge is -2.12. The van der Waals surface area contributed by atoms with Gasteiger partial charge in [-0.25, -0.2) is 9.78 Å². The molecule has 4 aromatic rings. The summed E-state index contributed by atoms with van der Waals surface area (Å²) in [6, 6.07) is 16.4. The number of nitrogens with zero attached hydrogens (tertiary/aromatic N) is 2. The summed E-state index contributed by atoms with van der Waals surface area (Å²) in [7, 11) is 2.78. The lowest BCUT2D eigenvalue weighted by Crippen LogP contribution is -2.20. The molecule has 2 aromatic heterocycles. The molecular formula is C28H32N4O4. The van der Waals surface area contributed by atoms with Crippen LogP contribution in [0.1, 0.15) is 36.3 Å². The Morgan fingerprint density at radius 2 is 1.83 bits per heavy atom. The molecule has 8 heteroatoms. The fourth-order valence-corrected chi connectivity index (χ4v) is 4.31. The van der Waals surface area contributed by atoms with E-state index in [1.807, 2.05) is 28.8 Å². The highest BCUT2D eigenvalue weighted by atomic mass is 16.5. The van der Waals surface area contributed by atoms with Gasteiger partial charge in [-0.3, -0.25) is 4.79 Å². The van der Waals surface area contributed by atoms with Gasteiger partial charge in [0.1, 0.15) is 12.3 Å². The summed E-state index contributed by atoms with van der Waals surface area (Å²) in [5, 5.41) is 9.32. The molecule has 4 rings (SSSR count). The molecule has 36 heavy (non-hydrogen) atoms. The summed E-state index contributed by atoms with van der Waals surface area (Å²) in [4.78, 5) is 30.0. The van der Waals surface area contributed by atoms with E-state index in [1.165, 1.54) is 25.0 Å². The molecule has 1 amide bonds. The third kappa shape index (κ3) is 5.33. The quantitative estimate of drug-likeness (QED) is 0.297. The van der Waals surface area contributed by atoms with Crippen LogP contribution in [0.5, 0.6) is 0 Å². The first-order chi connectivity index (χ1) is 17.4. The number of rotatable bonds is 10. The van der Waals surface area contributed by atoms with Crippen LogP contribution in [0, 0.1) is 5.92 Å². The summed E-state index contributed by atoms with van der Waals surface area (Å²) < 4.78 is 11.9. The highest BCUT2D eigenvalue weighted by Gasteiger charge is 2.26. The fourth-order valence-electron chi connectivity index (χ4n) is 4.31. The van der Waals surface area contributed by atoms with Crippen molar-refractivity contribution in [2.24, 2.45) is 5.92 Å². The molecule has 0 bridgehead atoms. The molecule has 0 atom stereocenters. The van der Waals surface area contributed by atoms with Crippen LogP contribution in [-0.2, 0) is 27.4 Å². The van der Waals surface area contributed by atoms with Crippen LogP contribution in [0.4, 0.5) is 11.4 Å². The predicted octanol–water partition coefficient (Wildman–Crippen LogP) is 5.22. The molecule has 0 aliphatic rings. The number of pyridine rings is 1. The molecule has 0 saturated heterocycles. The number of nitrogens with one attached hydrogen (secondary N) is 2. The third-order valence-electron chi connectivity index (χ3n) is 6.11. The van der Waals surface area contributed by atoms with Gasteiger partial charge in [-0.1, -0.05) is 56.3 Å². The zero-order valence-electron chi connectivity index (χ0n) is 21.1. The SMILES string of the molecule is COCC(=O)Nc1c(C(=O)OC)n(CCC(C)C)c2ncc(NCc3cccc4ccccc34)cc12. The monoisotopic (exact) mass is 488 g/mol. The average Bonchev–Trinajstić information content (AvgIpc) is 3.18. The van der Waals surface area contributed by atoms with Gasteiger partial charge in [-0.15, -0.1) is 0 Å². The summed E-state index contributed by atoms with van der Waals surface area (Å²) >= 11 is 0. The minimum absolute atomic E-state index is 0.133. The molecular weight excluding hydrogens is 456 g/mol. The van der Waals surface area contributed by atoms with Crippen molar-refractivity contribution in [3.8, 4) is 0 Å². The van der Waals surface area contributed by atoms with Crippen molar-refractivity contribution in [2.75, 3.05) is 31.5 Å². The minimum atomic E-state index is -0.533. The van der Waals surface area contributed by atoms with Crippen molar-refractivity contribution >= 4 is 45.1 Å². The zero-order valence-corrected chi connectivity index (χ0v) is 21.1. The second-order valence-corrected chi connectivity index (χ2v) is 9.12. The Morgan fingerprint density at radius 3 is 2.58 bits per heavy atom. The Bertz CT molecular complexity index is 1390. The van der Waals surface area contributed by atoms with Gasteiger partial charge >= 0.3 is 5.97 Å². The predicted molar refractivity (Wildman–Crippen MR) is 142 cm³/mol. The second-order valence-electron chi connectivity index (χ2n) is 9.12. The van der Waals surface area contributed by atoms with Gasteiger partial charge in [0.05, 0.1) is 24.7 Å². The third-order valence-corrected chi connectivity index (χ3v) is 6.11. The Morgan fingerprint density at radius 1 is 1.06 bits per heavy atom. The maximum atomic E-state index is 12.9. The normalized spacial score (nSPS) is 11.2. The van der Waals surface area contributed by atoms with Crippen LogP contribution >= 0.6 is 0 Å². The number of methoxy groups -OCH3 is 2. The molecule has 0 spiro atoms. The first kappa shape index (κ1) is 25.2. The number of amides is 1. The van der Waals surface area contributed by atoms with E-state index in [4.69, 9.17) is 14.5 Å². The van der Waals surface area contributed by atoms with Gasteiger partial charge in [0.15, 0.2) is 5.69 Å². The summed E-state index contributed by atoms with van der Waals surface area (Å²) in [5.41, 5.74) is 3.20. The molecule has 0 unspecified atom stereocenters. The number of esters is 1. The molecule has 0 saturated carbocycles. The van der Waals surface area contributed by atoms with E-state index in [0.717, 1.165) is 17.7 Å². The van der Waals surface area contributed by atoms with Crippen LogP contribution in [-0.4, -0.2) is 42.3 Å². The maximum absolute atomic E-state index is 12.9. The van der Waals surface area contributed by atoms with E-state index in [-0.39, 0.29) is 18.2 Å². The highest BCUT2D eigenvalue weighted by molar-refractivity contribution is 6.11. The molecule has 0 radical (unpaired) electrons. The number of aryl methyl sites for hydroxylation is 1. The number of benzene rings is 2. The number of fused-ring (bicyclic) bond motifs is 2. The van der Waals surface area contributed by atoms with Crippen molar-refractivity contribution in [1.82, 2.24) is 9.55 Å². The van der Waals surface area contributed by atoms with Gasteiger partial charge in [0, 0.05) is 25.6 Å². The van der Waals surface area contributed by atoms with Crippen molar-refractivity contribution in [2.45, 2.75) is 33.4 Å². The molecule has 2 heterocycles. The summed E-state index contributed by atoms with van der Waals surface area (Å²) in [6.07, 6.45) is 2.59. The minimum Gasteiger partial charge on any atom is -0.464 e. The van der Waals surface area contributed by atoms with Crippen LogP contribution in [0.2, 0.25) is 0 Å². The Hall–Kier alpha value is -3.91. The molecule has 0 aliphatic heterocycles. The van der Waals surface area contributed by atoms with E-state index < -0.39 is 5.97 Å². The van der Waals surface area contributed by atoms with Crippen molar-refractivity contribution < 1.29 is 19.1 Å². The average molecular weight is 489 g/mol. The number of hydrogen-bond donors (Lipinski definition) is 2. The molecule has 188 valence electrons. The Labute approximate surface area is 210 Å². The molecule has 2 aromatic carbocycles. The highest BCUT2D eigenvalue weighted by Crippen LogP contribution is 2.33. The molecule has 8 nitrogen and oxygen atoms in total. The molecule has 0 aliphatic carbocycles. The van der Waals surface area contributed by atoms with Crippen molar-refractivity contribution in [3.63, 3.8) is 0 Å². The van der Waals surface area contributed by atoms with Crippen LogP contribution in [0.15, 0.2) is 54.7 Å². The van der Waals surface area contributed by atoms with Gasteiger partial charge in [0.2, 0.25) is 5.91 Å². The lowest BCUT2D eigenvalue weighted by atomic mass is 10.0. The van der Waals surface area contributed by atoms with Crippen LogP contribution in [0.3, 0.4) is 0 Å². The Balaban J connectivity index is 1.75. The first-order valence-electron chi connectivity index (χ1n) is 12.0. The van der Waals surface area contributed by atoms with E-state index in [9.17, 15) is 9.59 Å². The maximum Gasteiger partial charge on any atom is 0.356 e. The van der Waals surface area contributed by atoms with E-state index in [2.05, 4.69) is 48.7 Å². The molecule has 0 fully saturated rings. The second kappa shape index (κ2) is 11.2. The van der Waals surface area contributed by atoms with Crippen LogP contribution in [0.25, 0.3) is 21.8 Å². The number of aromatic nitrogens is 2. The summed E-state index contributed by atoms with van der Waals surface area (Å²) in [5.74, 6) is -0.476.